The van der Waals surface area contributed by atoms with E-state index in [9.17, 15) is 9.59 Å². The summed E-state index contributed by atoms with van der Waals surface area (Å²) in [7, 11) is 0. The first kappa shape index (κ1) is 15.2. The summed E-state index contributed by atoms with van der Waals surface area (Å²) in [5.74, 6) is 0.273. The van der Waals surface area contributed by atoms with E-state index >= 15 is 0 Å². The maximum absolute atomic E-state index is 13.1. The molecular formula is C18H24N2O2S. The lowest BCUT2D eigenvalue weighted by atomic mass is 10.0. The van der Waals surface area contributed by atoms with Crippen LogP contribution in [0.5, 0.6) is 0 Å². The number of carbonyl (C=O) groups excluding carboxylic acids is 2. The second kappa shape index (κ2) is 6.27. The van der Waals surface area contributed by atoms with E-state index < -0.39 is 0 Å². The Balaban J connectivity index is 1.48. The lowest BCUT2D eigenvalue weighted by molar-refractivity contribution is -0.138. The molecule has 0 spiro atoms. The van der Waals surface area contributed by atoms with Crippen molar-refractivity contribution in [1.29, 1.82) is 0 Å². The van der Waals surface area contributed by atoms with Crippen LogP contribution in [-0.4, -0.2) is 40.2 Å². The molecule has 2 aliphatic carbocycles. The van der Waals surface area contributed by atoms with Crippen LogP contribution in [0.3, 0.4) is 0 Å². The van der Waals surface area contributed by atoms with Crippen molar-refractivity contribution in [2.45, 2.75) is 63.6 Å². The maximum Gasteiger partial charge on any atom is 0.228 e. The fraction of sp³-hybridized carbons (Fsp3) is 0.667. The molecule has 2 amide bonds. The number of hydrogen-bond donors (Lipinski definition) is 0. The molecule has 3 aliphatic rings. The first-order chi connectivity index (χ1) is 11.2. The molecule has 1 aromatic rings. The second-order valence-electron chi connectivity index (χ2n) is 7.21. The Kier molecular flexibility index (Phi) is 4.14. The Bertz CT molecular complexity index is 576. The minimum atomic E-state index is -0.123. The van der Waals surface area contributed by atoms with Crippen molar-refractivity contribution in [2.24, 2.45) is 5.92 Å². The highest BCUT2D eigenvalue weighted by atomic mass is 32.1. The van der Waals surface area contributed by atoms with Crippen molar-refractivity contribution in [1.82, 2.24) is 9.80 Å². The van der Waals surface area contributed by atoms with E-state index in [4.69, 9.17) is 0 Å². The van der Waals surface area contributed by atoms with E-state index in [1.54, 1.807) is 11.3 Å². The van der Waals surface area contributed by atoms with Gasteiger partial charge in [-0.2, -0.15) is 11.3 Å². The van der Waals surface area contributed by atoms with Crippen molar-refractivity contribution in [3.05, 3.63) is 22.4 Å². The molecule has 23 heavy (non-hydrogen) atoms. The third kappa shape index (κ3) is 3.16. The van der Waals surface area contributed by atoms with Crippen LogP contribution in [0.2, 0.25) is 0 Å². The zero-order valence-corrected chi connectivity index (χ0v) is 14.3. The molecule has 0 radical (unpaired) electrons. The fourth-order valence-electron chi connectivity index (χ4n) is 4.05. The number of nitrogens with zero attached hydrogens (tertiary/aromatic N) is 2. The largest absolute Gasteiger partial charge is 0.339 e. The van der Waals surface area contributed by atoms with Crippen molar-refractivity contribution in [3.8, 4) is 0 Å². The molecule has 4 rings (SSSR count). The van der Waals surface area contributed by atoms with Gasteiger partial charge in [-0.1, -0.05) is 12.8 Å². The van der Waals surface area contributed by atoms with Gasteiger partial charge in [-0.3, -0.25) is 9.59 Å². The van der Waals surface area contributed by atoms with Gasteiger partial charge in [0.25, 0.3) is 0 Å². The molecule has 0 unspecified atom stereocenters. The van der Waals surface area contributed by atoms with Gasteiger partial charge >= 0.3 is 0 Å². The normalized spacial score (nSPS) is 25.3. The summed E-state index contributed by atoms with van der Waals surface area (Å²) in [6.07, 6.45) is 7.32. The van der Waals surface area contributed by atoms with E-state index in [0.717, 1.165) is 25.7 Å². The Labute approximate surface area is 141 Å². The molecule has 0 bridgehead atoms. The van der Waals surface area contributed by atoms with Crippen LogP contribution >= 0.6 is 11.3 Å². The molecule has 2 heterocycles. The number of rotatable bonds is 5. The molecule has 124 valence electrons. The summed E-state index contributed by atoms with van der Waals surface area (Å²) in [5.41, 5.74) is 1.22. The van der Waals surface area contributed by atoms with Crippen molar-refractivity contribution < 1.29 is 9.59 Å². The Morgan fingerprint density at radius 2 is 2.04 bits per heavy atom. The van der Waals surface area contributed by atoms with E-state index in [2.05, 4.69) is 21.7 Å². The highest BCUT2D eigenvalue weighted by Gasteiger charge is 2.43. The number of thiophene rings is 1. The number of likely N-dealkylation sites (tertiary alicyclic amines) is 1. The van der Waals surface area contributed by atoms with Gasteiger partial charge in [0.15, 0.2) is 0 Å². The highest BCUT2D eigenvalue weighted by molar-refractivity contribution is 7.07. The molecular weight excluding hydrogens is 308 g/mol. The highest BCUT2D eigenvalue weighted by Crippen LogP contribution is 2.34. The maximum atomic E-state index is 13.1. The van der Waals surface area contributed by atoms with Gasteiger partial charge in [-0.25, -0.2) is 0 Å². The predicted molar refractivity (Wildman–Crippen MR) is 90.0 cm³/mol. The quantitative estimate of drug-likeness (QED) is 0.831. The van der Waals surface area contributed by atoms with E-state index in [1.807, 2.05) is 4.90 Å². The predicted octanol–water partition coefficient (Wildman–Crippen LogP) is 3.03. The number of hydrogen-bond acceptors (Lipinski definition) is 3. The van der Waals surface area contributed by atoms with Crippen LogP contribution in [0, 0.1) is 5.92 Å². The van der Waals surface area contributed by atoms with Crippen LogP contribution < -0.4 is 0 Å². The van der Waals surface area contributed by atoms with E-state index in [-0.39, 0.29) is 17.7 Å². The first-order valence-electron chi connectivity index (χ1n) is 8.83. The summed E-state index contributed by atoms with van der Waals surface area (Å²) in [6.45, 7) is 1.36. The van der Waals surface area contributed by atoms with Crippen molar-refractivity contribution in [3.63, 3.8) is 0 Å². The zero-order valence-electron chi connectivity index (χ0n) is 13.4. The molecule has 2 saturated carbocycles. The minimum Gasteiger partial charge on any atom is -0.339 e. The molecule has 1 atom stereocenters. The van der Waals surface area contributed by atoms with Gasteiger partial charge in [-0.15, -0.1) is 0 Å². The summed E-state index contributed by atoms with van der Waals surface area (Å²) in [4.78, 5) is 29.4. The van der Waals surface area contributed by atoms with Gasteiger partial charge in [0.2, 0.25) is 11.8 Å². The zero-order chi connectivity index (χ0) is 15.8. The molecule has 0 N–H and O–H groups in total. The average Bonchev–Trinajstić information content (AvgIpc) is 3.00. The standard InChI is InChI=1S/C18H24N2O2S/c21-17-9-14(11-19(17)16-5-6-16)18(22)20(15-3-1-2-4-15)10-13-7-8-23-12-13/h7-8,12,14-16H,1-6,9-11H2/t14-/m1/s1. The summed E-state index contributed by atoms with van der Waals surface area (Å²) >= 11 is 1.68. The van der Waals surface area contributed by atoms with Gasteiger partial charge in [0, 0.05) is 31.6 Å². The van der Waals surface area contributed by atoms with E-state index in [0.29, 0.717) is 31.6 Å². The molecule has 0 aromatic carbocycles. The van der Waals surface area contributed by atoms with Crippen molar-refractivity contribution >= 4 is 23.2 Å². The Morgan fingerprint density at radius 3 is 2.70 bits per heavy atom. The topological polar surface area (TPSA) is 40.6 Å². The summed E-state index contributed by atoms with van der Waals surface area (Å²) in [5, 5.41) is 4.20. The van der Waals surface area contributed by atoms with Crippen LogP contribution in [0.4, 0.5) is 0 Å². The first-order valence-corrected chi connectivity index (χ1v) is 9.77. The van der Waals surface area contributed by atoms with Crippen molar-refractivity contribution in [2.75, 3.05) is 6.54 Å². The summed E-state index contributed by atoms with van der Waals surface area (Å²) < 4.78 is 0. The molecule has 1 aromatic heterocycles. The molecule has 1 saturated heterocycles. The average molecular weight is 332 g/mol. The SMILES string of the molecule is O=C1C[C@@H](C(=O)N(Cc2ccsc2)C2CCCC2)CN1C1CC1. The van der Waals surface area contributed by atoms with Gasteiger partial charge in [-0.05, 0) is 48.1 Å². The third-order valence-electron chi connectivity index (χ3n) is 5.48. The fourth-order valence-corrected chi connectivity index (χ4v) is 4.71. The number of amides is 2. The molecule has 5 heteroatoms. The smallest absolute Gasteiger partial charge is 0.228 e. The Hall–Kier alpha value is -1.36. The van der Waals surface area contributed by atoms with Crippen LogP contribution in [0.1, 0.15) is 50.5 Å². The van der Waals surface area contributed by atoms with Gasteiger partial charge in [0.1, 0.15) is 0 Å². The lowest BCUT2D eigenvalue weighted by Gasteiger charge is -2.31. The Morgan fingerprint density at radius 1 is 1.26 bits per heavy atom. The van der Waals surface area contributed by atoms with Gasteiger partial charge < -0.3 is 9.80 Å². The van der Waals surface area contributed by atoms with Crippen LogP contribution in [0.25, 0.3) is 0 Å². The van der Waals surface area contributed by atoms with Gasteiger partial charge in [0.05, 0.1) is 5.92 Å². The summed E-state index contributed by atoms with van der Waals surface area (Å²) in [6, 6.07) is 2.90. The molecule has 3 fully saturated rings. The second-order valence-corrected chi connectivity index (χ2v) is 7.99. The lowest BCUT2D eigenvalue weighted by Crippen LogP contribution is -2.42. The molecule has 4 nitrogen and oxygen atoms in total. The number of carbonyl (C=O) groups is 2. The minimum absolute atomic E-state index is 0.123. The monoisotopic (exact) mass is 332 g/mol. The van der Waals surface area contributed by atoms with Crippen LogP contribution in [-0.2, 0) is 16.1 Å². The van der Waals surface area contributed by atoms with E-state index in [1.165, 1.54) is 18.4 Å². The third-order valence-corrected chi connectivity index (χ3v) is 6.21. The molecule has 1 aliphatic heterocycles. The van der Waals surface area contributed by atoms with Crippen LogP contribution in [0.15, 0.2) is 16.8 Å².